The average Bonchev–Trinajstić information content (AvgIpc) is 2.47. The van der Waals surface area contributed by atoms with Crippen molar-refractivity contribution in [3.63, 3.8) is 0 Å². The molecule has 1 unspecified atom stereocenters. The van der Waals surface area contributed by atoms with E-state index in [1.807, 2.05) is 25.2 Å². The first kappa shape index (κ1) is 14.5. The van der Waals surface area contributed by atoms with Gasteiger partial charge in [0.05, 0.1) is 0 Å². The Morgan fingerprint density at radius 3 is 2.45 bits per heavy atom. The van der Waals surface area contributed by atoms with E-state index in [-0.39, 0.29) is 11.5 Å². The molecule has 0 aliphatic heterocycles. The minimum Gasteiger partial charge on any atom is -0.383 e. The first-order valence-electron chi connectivity index (χ1n) is 6.98. The standard InChI is InChI=1S/C17H23N3/c1-17(2,14-9-5-4-6-10-14)15(19-3)12-13-8-7-11-20-16(13)18/h4-11,15,19H,12H2,1-3H3,(H2,18,20). The second-order valence-corrected chi connectivity index (χ2v) is 5.68. The zero-order valence-corrected chi connectivity index (χ0v) is 12.4. The third-order valence-electron chi connectivity index (χ3n) is 4.09. The first-order valence-corrected chi connectivity index (χ1v) is 6.98. The Morgan fingerprint density at radius 2 is 1.85 bits per heavy atom. The van der Waals surface area contributed by atoms with Crippen LogP contribution in [-0.2, 0) is 11.8 Å². The lowest BCUT2D eigenvalue weighted by Crippen LogP contribution is -2.44. The van der Waals surface area contributed by atoms with E-state index in [4.69, 9.17) is 5.73 Å². The second-order valence-electron chi connectivity index (χ2n) is 5.68. The second kappa shape index (κ2) is 6.06. The quantitative estimate of drug-likeness (QED) is 0.877. The number of hydrogen-bond donors (Lipinski definition) is 2. The molecule has 0 saturated heterocycles. The molecule has 0 aliphatic rings. The predicted octanol–water partition coefficient (Wildman–Crippen LogP) is 2.77. The molecule has 1 heterocycles. The van der Waals surface area contributed by atoms with Gasteiger partial charge in [-0.2, -0.15) is 0 Å². The van der Waals surface area contributed by atoms with E-state index >= 15 is 0 Å². The van der Waals surface area contributed by atoms with Gasteiger partial charge in [0, 0.05) is 17.7 Å². The van der Waals surface area contributed by atoms with Crippen molar-refractivity contribution >= 4 is 5.82 Å². The number of nitrogens with two attached hydrogens (primary N) is 1. The maximum atomic E-state index is 5.97. The van der Waals surface area contributed by atoms with Crippen LogP contribution in [0.5, 0.6) is 0 Å². The summed E-state index contributed by atoms with van der Waals surface area (Å²) in [7, 11) is 2.00. The molecule has 0 spiro atoms. The molecule has 1 atom stereocenters. The molecule has 2 aromatic rings. The molecule has 0 saturated carbocycles. The first-order chi connectivity index (χ1) is 9.55. The molecule has 1 aromatic heterocycles. The van der Waals surface area contributed by atoms with Crippen LogP contribution in [0.4, 0.5) is 5.82 Å². The maximum absolute atomic E-state index is 5.97. The van der Waals surface area contributed by atoms with Crippen LogP contribution in [0.3, 0.4) is 0 Å². The van der Waals surface area contributed by atoms with E-state index in [1.54, 1.807) is 6.20 Å². The molecular weight excluding hydrogens is 246 g/mol. The fraction of sp³-hybridized carbons (Fsp3) is 0.353. The summed E-state index contributed by atoms with van der Waals surface area (Å²) < 4.78 is 0. The van der Waals surface area contributed by atoms with Crippen molar-refractivity contribution in [2.24, 2.45) is 0 Å². The molecule has 0 fully saturated rings. The van der Waals surface area contributed by atoms with Crippen LogP contribution in [0.25, 0.3) is 0 Å². The monoisotopic (exact) mass is 269 g/mol. The van der Waals surface area contributed by atoms with E-state index in [1.165, 1.54) is 5.56 Å². The van der Waals surface area contributed by atoms with Crippen LogP contribution in [0.2, 0.25) is 0 Å². The highest BCUT2D eigenvalue weighted by molar-refractivity contribution is 5.40. The van der Waals surface area contributed by atoms with Gasteiger partial charge in [0.25, 0.3) is 0 Å². The van der Waals surface area contributed by atoms with Crippen LogP contribution < -0.4 is 11.1 Å². The fourth-order valence-corrected chi connectivity index (χ4v) is 2.63. The molecule has 1 aromatic carbocycles. The SMILES string of the molecule is CNC(Cc1cccnc1N)C(C)(C)c1ccccc1. The van der Waals surface area contributed by atoms with Crippen molar-refractivity contribution in [2.45, 2.75) is 31.7 Å². The van der Waals surface area contributed by atoms with Crippen molar-refractivity contribution in [3.8, 4) is 0 Å². The Labute approximate surface area is 121 Å². The summed E-state index contributed by atoms with van der Waals surface area (Å²) in [4.78, 5) is 4.17. The predicted molar refractivity (Wildman–Crippen MR) is 84.7 cm³/mol. The molecule has 2 rings (SSSR count). The lowest BCUT2D eigenvalue weighted by atomic mass is 9.75. The lowest BCUT2D eigenvalue weighted by Gasteiger charge is -2.35. The highest BCUT2D eigenvalue weighted by atomic mass is 14.9. The van der Waals surface area contributed by atoms with Crippen LogP contribution >= 0.6 is 0 Å². The molecule has 0 aliphatic carbocycles. The summed E-state index contributed by atoms with van der Waals surface area (Å²) in [5.74, 6) is 0.622. The molecule has 0 bridgehead atoms. The van der Waals surface area contributed by atoms with Crippen molar-refractivity contribution in [1.82, 2.24) is 10.3 Å². The van der Waals surface area contributed by atoms with E-state index in [0.29, 0.717) is 5.82 Å². The number of nitrogens with zero attached hydrogens (tertiary/aromatic N) is 1. The minimum atomic E-state index is 0.0122. The number of nitrogens with one attached hydrogen (secondary N) is 1. The molecule has 3 N–H and O–H groups in total. The number of aromatic nitrogens is 1. The summed E-state index contributed by atoms with van der Waals surface area (Å²) in [6, 6.07) is 14.9. The largest absolute Gasteiger partial charge is 0.383 e. The number of benzene rings is 1. The molecule has 3 nitrogen and oxygen atoms in total. The zero-order chi connectivity index (χ0) is 14.6. The summed E-state index contributed by atoms with van der Waals surface area (Å²) >= 11 is 0. The van der Waals surface area contributed by atoms with Crippen molar-refractivity contribution in [1.29, 1.82) is 0 Å². The number of pyridine rings is 1. The van der Waals surface area contributed by atoms with Crippen LogP contribution in [0, 0.1) is 0 Å². The lowest BCUT2D eigenvalue weighted by molar-refractivity contribution is 0.356. The molecule has 106 valence electrons. The van der Waals surface area contributed by atoms with Gasteiger partial charge in [-0.1, -0.05) is 50.2 Å². The van der Waals surface area contributed by atoms with Crippen LogP contribution in [0.15, 0.2) is 48.7 Å². The molecule has 0 radical (unpaired) electrons. The Balaban J connectivity index is 2.26. The molecule has 3 heteroatoms. The van der Waals surface area contributed by atoms with Crippen LogP contribution in [-0.4, -0.2) is 18.1 Å². The topological polar surface area (TPSA) is 50.9 Å². The van der Waals surface area contributed by atoms with E-state index in [2.05, 4.69) is 48.4 Å². The Bertz CT molecular complexity index is 549. The number of hydrogen-bond acceptors (Lipinski definition) is 3. The fourth-order valence-electron chi connectivity index (χ4n) is 2.63. The summed E-state index contributed by atoms with van der Waals surface area (Å²) in [5, 5.41) is 3.43. The zero-order valence-electron chi connectivity index (χ0n) is 12.4. The van der Waals surface area contributed by atoms with E-state index in [9.17, 15) is 0 Å². The van der Waals surface area contributed by atoms with Crippen molar-refractivity contribution < 1.29 is 0 Å². The number of nitrogen functional groups attached to an aromatic ring is 1. The van der Waals surface area contributed by atoms with Gasteiger partial charge in [-0.3, -0.25) is 0 Å². The van der Waals surface area contributed by atoms with Gasteiger partial charge in [-0.25, -0.2) is 4.98 Å². The molecular formula is C17H23N3. The van der Waals surface area contributed by atoms with Crippen LogP contribution in [0.1, 0.15) is 25.0 Å². The Hall–Kier alpha value is -1.87. The smallest absolute Gasteiger partial charge is 0.126 e. The van der Waals surface area contributed by atoms with E-state index < -0.39 is 0 Å². The third-order valence-corrected chi connectivity index (χ3v) is 4.09. The van der Waals surface area contributed by atoms with Crippen molar-refractivity contribution in [3.05, 3.63) is 59.8 Å². The number of anilines is 1. The number of likely N-dealkylation sites (N-methyl/N-ethyl adjacent to an activating group) is 1. The molecule has 20 heavy (non-hydrogen) atoms. The van der Waals surface area contributed by atoms with Gasteiger partial charge in [-0.15, -0.1) is 0 Å². The van der Waals surface area contributed by atoms with Gasteiger partial charge in [-0.05, 0) is 30.7 Å². The van der Waals surface area contributed by atoms with Gasteiger partial charge in [0.15, 0.2) is 0 Å². The summed E-state index contributed by atoms with van der Waals surface area (Å²) in [6.07, 6.45) is 2.59. The Morgan fingerprint density at radius 1 is 1.15 bits per heavy atom. The average molecular weight is 269 g/mol. The van der Waals surface area contributed by atoms with Gasteiger partial charge in [0.1, 0.15) is 5.82 Å². The summed E-state index contributed by atoms with van der Waals surface area (Å²) in [5.41, 5.74) is 8.39. The summed E-state index contributed by atoms with van der Waals surface area (Å²) in [6.45, 7) is 4.52. The van der Waals surface area contributed by atoms with Gasteiger partial charge < -0.3 is 11.1 Å². The third kappa shape index (κ3) is 2.99. The maximum Gasteiger partial charge on any atom is 0.126 e. The number of rotatable bonds is 5. The van der Waals surface area contributed by atoms with E-state index in [0.717, 1.165) is 12.0 Å². The van der Waals surface area contributed by atoms with Crippen molar-refractivity contribution in [2.75, 3.05) is 12.8 Å². The highest BCUT2D eigenvalue weighted by Crippen LogP contribution is 2.29. The normalized spacial score (nSPS) is 13.2. The molecule has 0 amide bonds. The van der Waals surface area contributed by atoms with Gasteiger partial charge >= 0.3 is 0 Å². The van der Waals surface area contributed by atoms with Gasteiger partial charge in [0.2, 0.25) is 0 Å². The minimum absolute atomic E-state index is 0.0122. The highest BCUT2D eigenvalue weighted by Gasteiger charge is 2.30. The Kier molecular flexibility index (Phi) is 4.40.